The number of alkyl halides is 1. The van der Waals surface area contributed by atoms with Crippen molar-refractivity contribution in [3.63, 3.8) is 0 Å². The summed E-state index contributed by atoms with van der Waals surface area (Å²) in [6.45, 7) is 7.04. The Balaban J connectivity index is 2.35. The Morgan fingerprint density at radius 1 is 1.36 bits per heavy atom. The molecule has 1 rings (SSSR count). The number of hydrogen-bond acceptors (Lipinski definition) is 3. The third kappa shape index (κ3) is 3.46. The number of carbonyl (C=O) groups excluding carboxylic acids is 1. The number of hydroxylamine groups is 2. The highest BCUT2D eigenvalue weighted by Crippen LogP contribution is 2.20. The molecule has 0 amide bonds. The van der Waals surface area contributed by atoms with Crippen molar-refractivity contribution in [2.24, 2.45) is 5.41 Å². The molecule has 0 saturated carbocycles. The molecule has 0 N–H and O–H groups in total. The molecule has 1 aliphatic heterocycles. The monoisotopic (exact) mass is 219 g/mol. The maximum Gasteiger partial charge on any atom is 0.330 e. The molecule has 14 heavy (non-hydrogen) atoms. The average molecular weight is 220 g/mol. The van der Waals surface area contributed by atoms with Gasteiger partial charge in [-0.1, -0.05) is 0 Å². The Morgan fingerprint density at radius 2 is 1.86 bits per heavy atom. The Bertz CT molecular complexity index is 205. The van der Waals surface area contributed by atoms with Crippen LogP contribution in [0.15, 0.2) is 0 Å². The molecule has 0 bridgehead atoms. The minimum Gasteiger partial charge on any atom is -0.367 e. The zero-order valence-corrected chi connectivity index (χ0v) is 9.80. The van der Waals surface area contributed by atoms with Gasteiger partial charge in [0.15, 0.2) is 0 Å². The van der Waals surface area contributed by atoms with Crippen LogP contribution in [-0.4, -0.2) is 29.5 Å². The summed E-state index contributed by atoms with van der Waals surface area (Å²) in [5.74, 6) is -0.175. The van der Waals surface area contributed by atoms with Crippen molar-refractivity contribution in [2.75, 3.05) is 13.1 Å². The summed E-state index contributed by atoms with van der Waals surface area (Å²) in [5.41, 5.74) is -0.433. The van der Waals surface area contributed by atoms with E-state index in [0.717, 1.165) is 25.9 Å². The second-order valence-corrected chi connectivity index (χ2v) is 5.35. The second-order valence-electron chi connectivity index (χ2n) is 4.73. The van der Waals surface area contributed by atoms with Crippen LogP contribution in [0.4, 0.5) is 0 Å². The quantitative estimate of drug-likeness (QED) is 0.634. The molecule has 4 heteroatoms. The maximum atomic E-state index is 11.5. The summed E-state index contributed by atoms with van der Waals surface area (Å²) in [4.78, 5) is 16.8. The van der Waals surface area contributed by atoms with Crippen molar-refractivity contribution in [2.45, 2.75) is 39.0 Å². The number of rotatable bonds is 1. The van der Waals surface area contributed by atoms with Crippen molar-refractivity contribution in [1.29, 1.82) is 0 Å². The fourth-order valence-electron chi connectivity index (χ4n) is 1.17. The van der Waals surface area contributed by atoms with E-state index in [1.165, 1.54) is 0 Å². The molecule has 0 aromatic heterocycles. The van der Waals surface area contributed by atoms with E-state index in [1.54, 1.807) is 5.06 Å². The van der Waals surface area contributed by atoms with E-state index in [1.807, 2.05) is 20.8 Å². The van der Waals surface area contributed by atoms with Gasteiger partial charge in [-0.25, -0.2) is 4.79 Å². The molecule has 0 atom stereocenters. The van der Waals surface area contributed by atoms with Gasteiger partial charge in [-0.05, 0) is 33.6 Å². The zero-order chi connectivity index (χ0) is 10.8. The van der Waals surface area contributed by atoms with E-state index >= 15 is 0 Å². The summed E-state index contributed by atoms with van der Waals surface area (Å²) in [6.07, 6.45) is 1.78. The molecule has 0 aromatic carbocycles. The van der Waals surface area contributed by atoms with Crippen LogP contribution in [0.3, 0.4) is 0 Å². The van der Waals surface area contributed by atoms with Crippen LogP contribution in [0.2, 0.25) is 0 Å². The summed E-state index contributed by atoms with van der Waals surface area (Å²) >= 11 is 5.94. The summed E-state index contributed by atoms with van der Waals surface area (Å²) in [5, 5.41) is 1.95. The molecular formula is C10H18ClNO2. The van der Waals surface area contributed by atoms with E-state index in [2.05, 4.69) is 0 Å². The van der Waals surface area contributed by atoms with Gasteiger partial charge >= 0.3 is 5.97 Å². The molecule has 0 aliphatic carbocycles. The van der Waals surface area contributed by atoms with Crippen molar-refractivity contribution in [3.8, 4) is 0 Å². The molecule has 0 radical (unpaired) electrons. The van der Waals surface area contributed by atoms with E-state index < -0.39 is 5.41 Å². The minimum absolute atomic E-state index is 0.175. The van der Waals surface area contributed by atoms with Gasteiger partial charge in [-0.3, -0.25) is 0 Å². The minimum atomic E-state index is -0.433. The smallest absolute Gasteiger partial charge is 0.330 e. The van der Waals surface area contributed by atoms with Crippen LogP contribution in [0, 0.1) is 5.41 Å². The SMILES string of the molecule is CC(C)(C)C(=O)ON1CCC(Cl)CC1. The highest BCUT2D eigenvalue weighted by Gasteiger charge is 2.27. The lowest BCUT2D eigenvalue weighted by Crippen LogP contribution is -2.39. The molecule has 1 heterocycles. The Labute approximate surface area is 90.3 Å². The van der Waals surface area contributed by atoms with Gasteiger partial charge in [0.2, 0.25) is 0 Å². The molecule has 82 valence electrons. The van der Waals surface area contributed by atoms with Crippen LogP contribution in [0.25, 0.3) is 0 Å². The lowest BCUT2D eigenvalue weighted by molar-refractivity contribution is -0.203. The lowest BCUT2D eigenvalue weighted by atomic mass is 9.98. The first kappa shape index (κ1) is 11.8. The Kier molecular flexibility index (Phi) is 3.78. The molecule has 0 aromatic rings. The number of halogens is 1. The van der Waals surface area contributed by atoms with Gasteiger partial charge in [-0.2, -0.15) is 0 Å². The summed E-state index contributed by atoms with van der Waals surface area (Å²) in [7, 11) is 0. The van der Waals surface area contributed by atoms with Crippen LogP contribution < -0.4 is 0 Å². The molecule has 1 aliphatic rings. The van der Waals surface area contributed by atoms with E-state index in [9.17, 15) is 4.79 Å². The second kappa shape index (κ2) is 4.49. The van der Waals surface area contributed by atoms with Crippen molar-refractivity contribution >= 4 is 17.6 Å². The number of nitrogens with zero attached hydrogens (tertiary/aromatic N) is 1. The van der Waals surface area contributed by atoms with Crippen molar-refractivity contribution < 1.29 is 9.63 Å². The van der Waals surface area contributed by atoms with Crippen molar-refractivity contribution in [1.82, 2.24) is 5.06 Å². The lowest BCUT2D eigenvalue weighted by Gasteiger charge is -2.29. The first-order chi connectivity index (χ1) is 6.39. The van der Waals surface area contributed by atoms with E-state index in [0.29, 0.717) is 0 Å². The number of piperidine rings is 1. The third-order valence-corrected chi connectivity index (χ3v) is 2.64. The van der Waals surface area contributed by atoms with Crippen LogP contribution in [-0.2, 0) is 9.63 Å². The van der Waals surface area contributed by atoms with Gasteiger partial charge in [0.25, 0.3) is 0 Å². The van der Waals surface area contributed by atoms with E-state index in [4.69, 9.17) is 16.4 Å². The Morgan fingerprint density at radius 3 is 2.29 bits per heavy atom. The third-order valence-electron chi connectivity index (χ3n) is 2.21. The number of hydrogen-bond donors (Lipinski definition) is 0. The van der Waals surface area contributed by atoms with Crippen LogP contribution >= 0.6 is 11.6 Å². The molecule has 3 nitrogen and oxygen atoms in total. The molecule has 1 saturated heterocycles. The normalized spacial score (nSPS) is 20.9. The Hall–Kier alpha value is -0.280. The first-order valence-corrected chi connectivity index (χ1v) is 5.44. The predicted molar refractivity (Wildman–Crippen MR) is 56.0 cm³/mol. The fraction of sp³-hybridized carbons (Fsp3) is 0.900. The molecule has 0 spiro atoms. The van der Waals surface area contributed by atoms with Crippen molar-refractivity contribution in [3.05, 3.63) is 0 Å². The van der Waals surface area contributed by atoms with Gasteiger partial charge in [0.05, 0.1) is 5.41 Å². The fourth-order valence-corrected chi connectivity index (χ4v) is 1.36. The van der Waals surface area contributed by atoms with Gasteiger partial charge in [0.1, 0.15) is 0 Å². The van der Waals surface area contributed by atoms with Gasteiger partial charge in [-0.15, -0.1) is 16.7 Å². The topological polar surface area (TPSA) is 29.5 Å². The molecule has 1 fully saturated rings. The molecule has 0 unspecified atom stereocenters. The average Bonchev–Trinajstić information content (AvgIpc) is 2.07. The summed E-state index contributed by atoms with van der Waals surface area (Å²) in [6, 6.07) is 0. The first-order valence-electron chi connectivity index (χ1n) is 5.01. The van der Waals surface area contributed by atoms with Gasteiger partial charge < -0.3 is 4.84 Å². The van der Waals surface area contributed by atoms with Gasteiger partial charge in [0, 0.05) is 18.5 Å². The molecular weight excluding hydrogens is 202 g/mol. The van der Waals surface area contributed by atoms with Crippen LogP contribution in [0.5, 0.6) is 0 Å². The number of carbonyl (C=O) groups is 1. The zero-order valence-electron chi connectivity index (χ0n) is 9.05. The van der Waals surface area contributed by atoms with Crippen LogP contribution in [0.1, 0.15) is 33.6 Å². The summed E-state index contributed by atoms with van der Waals surface area (Å²) < 4.78 is 0. The standard InChI is InChI=1S/C10H18ClNO2/c1-10(2,3)9(13)14-12-6-4-8(11)5-7-12/h8H,4-7H2,1-3H3. The predicted octanol–water partition coefficient (Wildman–Crippen LogP) is 2.19. The maximum absolute atomic E-state index is 11.5. The highest BCUT2D eigenvalue weighted by atomic mass is 35.5. The largest absolute Gasteiger partial charge is 0.367 e. The highest BCUT2D eigenvalue weighted by molar-refractivity contribution is 6.20. The van der Waals surface area contributed by atoms with E-state index in [-0.39, 0.29) is 11.3 Å².